The van der Waals surface area contributed by atoms with E-state index in [-0.39, 0.29) is 25.5 Å². The van der Waals surface area contributed by atoms with Crippen LogP contribution in [0, 0.1) is 0 Å². The number of benzene rings is 2. The number of amides is 2. The smallest absolute Gasteiger partial charge is 0.407 e. The van der Waals surface area contributed by atoms with Gasteiger partial charge in [-0.05, 0) is 48.8 Å². The number of fused-ring (bicyclic) bond motifs is 3. The molecule has 186 valence electrons. The molecule has 0 aliphatic heterocycles. The zero-order chi connectivity index (χ0) is 25.4. The quantitative estimate of drug-likeness (QED) is 0.444. The number of hydrogen-bond acceptors (Lipinski definition) is 5. The van der Waals surface area contributed by atoms with Crippen molar-refractivity contribution in [3.8, 4) is 11.1 Å². The zero-order valence-corrected chi connectivity index (χ0v) is 21.1. The van der Waals surface area contributed by atoms with E-state index in [9.17, 15) is 19.5 Å². The molecule has 3 rings (SSSR count). The first kappa shape index (κ1) is 26.3. The number of thioether (sulfide) groups is 1. The molecule has 7 nitrogen and oxygen atoms in total. The number of hydrogen-bond donors (Lipinski definition) is 2. The van der Waals surface area contributed by atoms with Gasteiger partial charge in [0, 0.05) is 18.2 Å². The molecule has 2 aromatic rings. The Morgan fingerprint density at radius 3 is 2.23 bits per heavy atom. The summed E-state index contributed by atoms with van der Waals surface area (Å²) in [5.41, 5.74) is 5.46. The summed E-state index contributed by atoms with van der Waals surface area (Å²) in [7, 11) is 0. The average molecular weight is 497 g/mol. The van der Waals surface area contributed by atoms with Crippen molar-refractivity contribution in [1.29, 1.82) is 0 Å². The number of carboxylic acid groups (broad SMARTS) is 1. The van der Waals surface area contributed by atoms with Gasteiger partial charge in [0.15, 0.2) is 0 Å². The first-order chi connectivity index (χ1) is 16.8. The highest BCUT2D eigenvalue weighted by Crippen LogP contribution is 2.44. The molecule has 1 aliphatic rings. The van der Waals surface area contributed by atoms with Crippen LogP contribution < -0.4 is 5.32 Å². The van der Waals surface area contributed by atoms with E-state index in [1.807, 2.05) is 62.6 Å². The molecule has 0 radical (unpaired) electrons. The molecule has 0 heterocycles. The van der Waals surface area contributed by atoms with Gasteiger partial charge in [-0.15, -0.1) is 0 Å². The topological polar surface area (TPSA) is 95.9 Å². The monoisotopic (exact) mass is 496 g/mol. The van der Waals surface area contributed by atoms with Crippen LogP contribution in [0.1, 0.15) is 37.3 Å². The Morgan fingerprint density at radius 2 is 1.69 bits per heavy atom. The number of ether oxygens (including phenoxy) is 1. The number of nitrogens with one attached hydrogen (secondary N) is 1. The van der Waals surface area contributed by atoms with E-state index in [0.29, 0.717) is 5.75 Å². The lowest BCUT2D eigenvalue weighted by molar-refractivity contribution is -0.145. The van der Waals surface area contributed by atoms with Gasteiger partial charge in [0.1, 0.15) is 19.2 Å². The van der Waals surface area contributed by atoms with E-state index in [4.69, 9.17) is 4.74 Å². The Balaban J connectivity index is 1.71. The normalized spacial score (nSPS) is 12.8. The summed E-state index contributed by atoms with van der Waals surface area (Å²) in [5.74, 6) is -1.03. The lowest BCUT2D eigenvalue weighted by Crippen LogP contribution is -2.50. The lowest BCUT2D eigenvalue weighted by atomic mass is 9.98. The van der Waals surface area contributed by atoms with Crippen LogP contribution in [-0.2, 0) is 14.3 Å². The highest BCUT2D eigenvalue weighted by molar-refractivity contribution is 7.98. The summed E-state index contributed by atoms with van der Waals surface area (Å²) in [6, 6.07) is 15.2. The van der Waals surface area contributed by atoms with E-state index >= 15 is 0 Å². The first-order valence-corrected chi connectivity index (χ1v) is 13.0. The third-order valence-corrected chi connectivity index (χ3v) is 6.49. The average Bonchev–Trinajstić information content (AvgIpc) is 3.16. The number of alkyl carbamates (subject to hydrolysis) is 1. The second-order valence-electron chi connectivity index (χ2n) is 8.69. The van der Waals surface area contributed by atoms with Gasteiger partial charge >= 0.3 is 12.1 Å². The lowest BCUT2D eigenvalue weighted by Gasteiger charge is -2.26. The molecule has 35 heavy (non-hydrogen) atoms. The van der Waals surface area contributed by atoms with E-state index in [1.54, 1.807) is 0 Å². The van der Waals surface area contributed by atoms with Crippen LogP contribution in [0.5, 0.6) is 0 Å². The molecule has 8 heteroatoms. The fourth-order valence-corrected chi connectivity index (χ4v) is 4.61. The van der Waals surface area contributed by atoms with Gasteiger partial charge < -0.3 is 20.1 Å². The van der Waals surface area contributed by atoms with Gasteiger partial charge in [0.05, 0.1) is 0 Å². The molecule has 0 aromatic heterocycles. The summed E-state index contributed by atoms with van der Waals surface area (Å²) in [6.07, 6.45) is 3.28. The number of nitrogens with zero attached hydrogens (tertiary/aromatic N) is 1. The van der Waals surface area contributed by atoms with Crippen molar-refractivity contribution in [3.05, 3.63) is 71.3 Å². The molecule has 2 N–H and O–H groups in total. The van der Waals surface area contributed by atoms with Gasteiger partial charge in [-0.25, -0.2) is 4.79 Å². The van der Waals surface area contributed by atoms with Crippen molar-refractivity contribution in [2.45, 2.75) is 32.2 Å². The van der Waals surface area contributed by atoms with Crippen LogP contribution in [-0.4, -0.2) is 65.7 Å². The van der Waals surface area contributed by atoms with E-state index < -0.39 is 30.6 Å². The van der Waals surface area contributed by atoms with E-state index in [1.165, 1.54) is 16.7 Å². The second kappa shape index (κ2) is 12.4. The van der Waals surface area contributed by atoms with Gasteiger partial charge in [-0.1, -0.05) is 60.2 Å². The summed E-state index contributed by atoms with van der Waals surface area (Å²) in [4.78, 5) is 38.6. The molecule has 0 fully saturated rings. The van der Waals surface area contributed by atoms with Crippen molar-refractivity contribution in [3.63, 3.8) is 0 Å². The maximum absolute atomic E-state index is 13.2. The number of rotatable bonds is 11. The largest absolute Gasteiger partial charge is 0.480 e. The predicted octanol–water partition coefficient (Wildman–Crippen LogP) is 4.53. The Labute approximate surface area is 210 Å². The predicted molar refractivity (Wildman–Crippen MR) is 139 cm³/mol. The van der Waals surface area contributed by atoms with Crippen molar-refractivity contribution < 1.29 is 24.2 Å². The standard InChI is InChI=1S/C27H32N2O5S/c1-18(2)12-13-24(26(32)29(14-15-35-3)16-25(30)31)28-27(33)34-17-23-21-10-6-4-8-19(21)20-9-5-7-11-22(20)23/h4-12,23-24H,13-17H2,1-3H3,(H,28,33)(H,30,31). The molecule has 0 bridgehead atoms. The van der Waals surface area contributed by atoms with Crippen molar-refractivity contribution in [2.75, 3.05) is 31.7 Å². The minimum absolute atomic E-state index is 0.0924. The summed E-state index contributed by atoms with van der Waals surface area (Å²) < 4.78 is 5.61. The number of allylic oxidation sites excluding steroid dienone is 1. The third kappa shape index (κ3) is 6.88. The Hall–Kier alpha value is -3.26. The molecule has 1 aliphatic carbocycles. The zero-order valence-electron chi connectivity index (χ0n) is 20.3. The fraction of sp³-hybridized carbons (Fsp3) is 0.370. The molecule has 1 atom stereocenters. The van der Waals surface area contributed by atoms with Crippen LogP contribution >= 0.6 is 11.8 Å². The van der Waals surface area contributed by atoms with Crippen LogP contribution in [0.3, 0.4) is 0 Å². The SMILES string of the molecule is CSCCN(CC(=O)O)C(=O)C(CC=C(C)C)NC(=O)OCC1c2ccccc2-c2ccccc21. The number of carbonyl (C=O) groups excluding carboxylic acids is 2. The Morgan fingerprint density at radius 1 is 1.09 bits per heavy atom. The van der Waals surface area contributed by atoms with Crippen molar-refractivity contribution in [2.24, 2.45) is 0 Å². The maximum atomic E-state index is 13.2. The number of carboxylic acids is 1. The van der Waals surface area contributed by atoms with E-state index in [2.05, 4.69) is 17.4 Å². The summed E-state index contributed by atoms with van der Waals surface area (Å²) in [6.45, 7) is 3.80. The molecule has 1 unspecified atom stereocenters. The molecule has 0 saturated carbocycles. The number of carbonyl (C=O) groups is 3. The van der Waals surface area contributed by atoms with Gasteiger partial charge in [-0.3, -0.25) is 9.59 Å². The fourth-order valence-electron chi connectivity index (χ4n) is 4.21. The highest BCUT2D eigenvalue weighted by atomic mass is 32.2. The highest BCUT2D eigenvalue weighted by Gasteiger charge is 2.30. The molecule has 0 spiro atoms. The first-order valence-electron chi connectivity index (χ1n) is 11.6. The van der Waals surface area contributed by atoms with Crippen LogP contribution in [0.25, 0.3) is 11.1 Å². The second-order valence-corrected chi connectivity index (χ2v) is 9.67. The molecular formula is C27H32N2O5S. The molecule has 2 aromatic carbocycles. The number of aliphatic carboxylic acids is 1. The van der Waals surface area contributed by atoms with Crippen LogP contribution in [0.2, 0.25) is 0 Å². The minimum Gasteiger partial charge on any atom is -0.480 e. The summed E-state index contributed by atoms with van der Waals surface area (Å²) in [5, 5.41) is 11.9. The third-order valence-electron chi connectivity index (χ3n) is 5.90. The minimum atomic E-state index is -1.10. The van der Waals surface area contributed by atoms with Crippen molar-refractivity contribution in [1.82, 2.24) is 10.2 Å². The van der Waals surface area contributed by atoms with Gasteiger partial charge in [-0.2, -0.15) is 11.8 Å². The van der Waals surface area contributed by atoms with Crippen LogP contribution in [0.15, 0.2) is 60.2 Å². The molecule has 0 saturated heterocycles. The van der Waals surface area contributed by atoms with E-state index in [0.717, 1.165) is 27.8 Å². The van der Waals surface area contributed by atoms with Crippen molar-refractivity contribution >= 4 is 29.7 Å². The Bertz CT molecular complexity index is 1050. The maximum Gasteiger partial charge on any atom is 0.407 e. The Kier molecular flexibility index (Phi) is 9.37. The van der Waals surface area contributed by atoms with Crippen LogP contribution in [0.4, 0.5) is 4.79 Å². The summed E-state index contributed by atoms with van der Waals surface area (Å²) >= 11 is 1.52. The molecular weight excluding hydrogens is 464 g/mol. The molecule has 2 amide bonds. The van der Waals surface area contributed by atoms with Gasteiger partial charge in [0.2, 0.25) is 5.91 Å². The van der Waals surface area contributed by atoms with Gasteiger partial charge in [0.25, 0.3) is 0 Å².